The molecular formula is C19H21Cl2NO3. The van der Waals surface area contributed by atoms with Gasteiger partial charge in [-0.1, -0.05) is 30.1 Å². The lowest BCUT2D eigenvalue weighted by Crippen LogP contribution is -2.30. The Labute approximate surface area is 158 Å². The first-order valence-corrected chi connectivity index (χ1v) is 8.84. The number of amides is 1. The van der Waals surface area contributed by atoms with E-state index in [1.165, 1.54) is 0 Å². The van der Waals surface area contributed by atoms with Crippen LogP contribution in [0.25, 0.3) is 0 Å². The Kier molecular flexibility index (Phi) is 6.97. The predicted octanol–water partition coefficient (Wildman–Crippen LogP) is 5.58. The summed E-state index contributed by atoms with van der Waals surface area (Å²) in [6, 6.07) is 12.1. The summed E-state index contributed by atoms with van der Waals surface area (Å²) in [4.78, 5) is 12.3. The standard InChI is InChI=1S/C19H21Cl2NO3/c1-4-12(2)24-16-8-6-15(7-9-16)22-19(23)13(3)25-18-10-5-14(20)11-17(18)21/h5-13H,4H2,1-3H3,(H,22,23). The Morgan fingerprint density at radius 1 is 1.08 bits per heavy atom. The summed E-state index contributed by atoms with van der Waals surface area (Å²) in [5, 5.41) is 3.67. The SMILES string of the molecule is CCC(C)Oc1ccc(NC(=O)C(C)Oc2ccc(Cl)cc2Cl)cc1. The molecule has 2 unspecified atom stereocenters. The van der Waals surface area contributed by atoms with Gasteiger partial charge in [-0.05, 0) is 62.7 Å². The van der Waals surface area contributed by atoms with Crippen LogP contribution in [0.2, 0.25) is 10.0 Å². The highest BCUT2D eigenvalue weighted by Gasteiger charge is 2.16. The number of carbonyl (C=O) groups excluding carboxylic acids is 1. The summed E-state index contributed by atoms with van der Waals surface area (Å²) >= 11 is 11.9. The highest BCUT2D eigenvalue weighted by atomic mass is 35.5. The van der Waals surface area contributed by atoms with Crippen LogP contribution in [0.1, 0.15) is 27.2 Å². The first kappa shape index (κ1) is 19.4. The molecule has 4 nitrogen and oxygen atoms in total. The maximum Gasteiger partial charge on any atom is 0.265 e. The van der Waals surface area contributed by atoms with E-state index < -0.39 is 6.10 Å². The van der Waals surface area contributed by atoms with E-state index in [2.05, 4.69) is 12.2 Å². The Bertz CT molecular complexity index is 719. The van der Waals surface area contributed by atoms with Crippen LogP contribution in [-0.2, 0) is 4.79 Å². The largest absolute Gasteiger partial charge is 0.491 e. The molecule has 0 heterocycles. The van der Waals surface area contributed by atoms with Gasteiger partial charge in [0.25, 0.3) is 5.91 Å². The van der Waals surface area contributed by atoms with Gasteiger partial charge in [-0.15, -0.1) is 0 Å². The van der Waals surface area contributed by atoms with E-state index in [-0.39, 0.29) is 12.0 Å². The van der Waals surface area contributed by atoms with E-state index >= 15 is 0 Å². The van der Waals surface area contributed by atoms with Crippen molar-refractivity contribution in [2.75, 3.05) is 5.32 Å². The Hall–Kier alpha value is -1.91. The van der Waals surface area contributed by atoms with Crippen molar-refractivity contribution in [1.29, 1.82) is 0 Å². The van der Waals surface area contributed by atoms with Crippen LogP contribution in [0.5, 0.6) is 11.5 Å². The summed E-state index contributed by atoms with van der Waals surface area (Å²) in [6.45, 7) is 5.73. The van der Waals surface area contributed by atoms with Crippen LogP contribution < -0.4 is 14.8 Å². The molecule has 1 N–H and O–H groups in total. The van der Waals surface area contributed by atoms with Gasteiger partial charge in [0.2, 0.25) is 0 Å². The van der Waals surface area contributed by atoms with Crippen molar-refractivity contribution >= 4 is 34.8 Å². The number of hydrogen-bond acceptors (Lipinski definition) is 3. The van der Waals surface area contributed by atoms with Crippen molar-refractivity contribution in [3.8, 4) is 11.5 Å². The summed E-state index contributed by atoms with van der Waals surface area (Å²) in [7, 11) is 0. The van der Waals surface area contributed by atoms with Crippen molar-refractivity contribution < 1.29 is 14.3 Å². The molecule has 2 atom stereocenters. The molecule has 0 aromatic heterocycles. The molecule has 0 aliphatic carbocycles. The molecule has 0 spiro atoms. The topological polar surface area (TPSA) is 47.6 Å². The fraction of sp³-hybridized carbons (Fsp3) is 0.316. The van der Waals surface area contributed by atoms with E-state index in [9.17, 15) is 4.79 Å². The zero-order valence-electron chi connectivity index (χ0n) is 14.4. The third-order valence-corrected chi connectivity index (χ3v) is 4.13. The van der Waals surface area contributed by atoms with Crippen LogP contribution >= 0.6 is 23.2 Å². The van der Waals surface area contributed by atoms with E-state index in [4.69, 9.17) is 32.7 Å². The zero-order valence-corrected chi connectivity index (χ0v) is 15.9. The van der Waals surface area contributed by atoms with Gasteiger partial charge in [-0.25, -0.2) is 0 Å². The number of benzene rings is 2. The number of hydrogen-bond donors (Lipinski definition) is 1. The van der Waals surface area contributed by atoms with E-state index in [0.717, 1.165) is 12.2 Å². The van der Waals surface area contributed by atoms with Crippen LogP contribution in [0.4, 0.5) is 5.69 Å². The minimum Gasteiger partial charge on any atom is -0.491 e. The quantitative estimate of drug-likeness (QED) is 0.680. The molecule has 0 saturated heterocycles. The average Bonchev–Trinajstić information content (AvgIpc) is 2.58. The second-order valence-electron chi connectivity index (χ2n) is 5.69. The molecule has 25 heavy (non-hydrogen) atoms. The second-order valence-corrected chi connectivity index (χ2v) is 6.53. The lowest BCUT2D eigenvalue weighted by atomic mass is 10.2. The first-order chi connectivity index (χ1) is 11.9. The van der Waals surface area contributed by atoms with Gasteiger partial charge >= 0.3 is 0 Å². The minimum absolute atomic E-state index is 0.151. The van der Waals surface area contributed by atoms with Gasteiger partial charge in [0.1, 0.15) is 11.5 Å². The lowest BCUT2D eigenvalue weighted by Gasteiger charge is -2.16. The van der Waals surface area contributed by atoms with Gasteiger partial charge in [0.05, 0.1) is 11.1 Å². The zero-order chi connectivity index (χ0) is 18.4. The number of ether oxygens (including phenoxy) is 2. The summed E-state index contributed by atoms with van der Waals surface area (Å²) in [6.07, 6.45) is 0.369. The highest BCUT2D eigenvalue weighted by molar-refractivity contribution is 6.35. The van der Waals surface area contributed by atoms with Crippen molar-refractivity contribution in [3.63, 3.8) is 0 Å². The maximum absolute atomic E-state index is 12.3. The van der Waals surface area contributed by atoms with Crippen LogP contribution in [0.3, 0.4) is 0 Å². The first-order valence-electron chi connectivity index (χ1n) is 8.08. The molecule has 0 bridgehead atoms. The Morgan fingerprint density at radius 3 is 2.36 bits per heavy atom. The lowest BCUT2D eigenvalue weighted by molar-refractivity contribution is -0.122. The maximum atomic E-state index is 12.3. The number of anilines is 1. The second kappa shape index (κ2) is 8.97. The number of rotatable bonds is 7. The third-order valence-electron chi connectivity index (χ3n) is 3.60. The van der Waals surface area contributed by atoms with Crippen LogP contribution in [-0.4, -0.2) is 18.1 Å². The van der Waals surface area contributed by atoms with E-state index in [1.54, 1.807) is 37.3 Å². The fourth-order valence-electron chi connectivity index (χ4n) is 1.99. The Morgan fingerprint density at radius 2 is 1.76 bits per heavy atom. The predicted molar refractivity (Wildman–Crippen MR) is 102 cm³/mol. The molecule has 2 rings (SSSR count). The van der Waals surface area contributed by atoms with Gasteiger partial charge in [0, 0.05) is 10.7 Å². The molecule has 0 saturated carbocycles. The number of nitrogens with one attached hydrogen (secondary N) is 1. The fourth-order valence-corrected chi connectivity index (χ4v) is 2.44. The molecule has 2 aromatic rings. The van der Waals surface area contributed by atoms with Crippen LogP contribution in [0.15, 0.2) is 42.5 Å². The Balaban J connectivity index is 1.94. The monoisotopic (exact) mass is 381 g/mol. The average molecular weight is 382 g/mol. The van der Waals surface area contributed by atoms with E-state index in [0.29, 0.717) is 21.5 Å². The summed E-state index contributed by atoms with van der Waals surface area (Å²) in [5.41, 5.74) is 0.666. The molecule has 0 aliphatic heterocycles. The van der Waals surface area contributed by atoms with Crippen molar-refractivity contribution in [2.24, 2.45) is 0 Å². The summed E-state index contributed by atoms with van der Waals surface area (Å²) < 4.78 is 11.3. The van der Waals surface area contributed by atoms with Crippen molar-refractivity contribution in [1.82, 2.24) is 0 Å². The molecular weight excluding hydrogens is 361 g/mol. The molecule has 1 amide bonds. The summed E-state index contributed by atoms with van der Waals surface area (Å²) in [5.74, 6) is 0.900. The van der Waals surface area contributed by atoms with Gasteiger partial charge in [0.15, 0.2) is 6.10 Å². The number of carbonyl (C=O) groups is 1. The molecule has 6 heteroatoms. The normalized spacial score (nSPS) is 13.0. The number of halogens is 2. The van der Waals surface area contributed by atoms with Gasteiger partial charge in [-0.3, -0.25) is 4.79 Å². The molecule has 0 radical (unpaired) electrons. The molecule has 2 aromatic carbocycles. The van der Waals surface area contributed by atoms with Crippen molar-refractivity contribution in [2.45, 2.75) is 39.4 Å². The highest BCUT2D eigenvalue weighted by Crippen LogP contribution is 2.28. The minimum atomic E-state index is -0.713. The van der Waals surface area contributed by atoms with Crippen LogP contribution in [0, 0.1) is 0 Å². The third kappa shape index (κ3) is 5.83. The van der Waals surface area contributed by atoms with Gasteiger partial charge < -0.3 is 14.8 Å². The molecule has 134 valence electrons. The van der Waals surface area contributed by atoms with Crippen molar-refractivity contribution in [3.05, 3.63) is 52.5 Å². The van der Waals surface area contributed by atoms with Gasteiger partial charge in [-0.2, -0.15) is 0 Å². The smallest absolute Gasteiger partial charge is 0.265 e. The van der Waals surface area contributed by atoms with E-state index in [1.807, 2.05) is 19.1 Å². The molecule has 0 fully saturated rings. The molecule has 0 aliphatic rings.